The highest BCUT2D eigenvalue weighted by atomic mass is 19.1. The summed E-state index contributed by atoms with van der Waals surface area (Å²) in [5.74, 6) is -0.590. The topological polar surface area (TPSA) is 64.8 Å². The van der Waals surface area contributed by atoms with Crippen molar-refractivity contribution >= 4 is 11.4 Å². The Balaban J connectivity index is 2.15. The van der Waals surface area contributed by atoms with E-state index < -0.39 is 10.7 Å². The largest absolute Gasteiger partial charge is 0.382 e. The normalized spacial score (nSPS) is 19.5. The van der Waals surface area contributed by atoms with Crippen molar-refractivity contribution < 1.29 is 18.8 Å². The summed E-state index contributed by atoms with van der Waals surface area (Å²) in [6, 6.07) is 3.68. The fourth-order valence-corrected chi connectivity index (χ4v) is 2.09. The SMILES string of the molecule is COC[C@H]1CN(c2ccc([N+](=O)[O-])cc2F)CCO1. The zero-order chi connectivity index (χ0) is 13.8. The van der Waals surface area contributed by atoms with Gasteiger partial charge in [-0.1, -0.05) is 0 Å². The Morgan fingerprint density at radius 3 is 3.05 bits per heavy atom. The molecule has 0 N–H and O–H groups in total. The molecule has 0 aliphatic carbocycles. The third-order valence-corrected chi connectivity index (χ3v) is 2.97. The second-order valence-corrected chi connectivity index (χ2v) is 4.29. The first kappa shape index (κ1) is 13.7. The van der Waals surface area contributed by atoms with Crippen LogP contribution < -0.4 is 4.90 Å². The highest BCUT2D eigenvalue weighted by molar-refractivity contribution is 5.52. The van der Waals surface area contributed by atoms with Gasteiger partial charge in [0.1, 0.15) is 0 Å². The Bertz CT molecular complexity index is 467. The van der Waals surface area contributed by atoms with E-state index in [0.29, 0.717) is 32.0 Å². The van der Waals surface area contributed by atoms with Crippen molar-refractivity contribution in [1.29, 1.82) is 0 Å². The number of benzene rings is 1. The minimum atomic E-state index is -0.611. The van der Waals surface area contributed by atoms with Crippen molar-refractivity contribution in [2.24, 2.45) is 0 Å². The van der Waals surface area contributed by atoms with E-state index in [-0.39, 0.29) is 11.8 Å². The molecule has 0 saturated carbocycles. The van der Waals surface area contributed by atoms with Gasteiger partial charge in [-0.2, -0.15) is 0 Å². The van der Waals surface area contributed by atoms with E-state index in [1.807, 2.05) is 4.90 Å². The molecule has 0 radical (unpaired) electrons. The summed E-state index contributed by atoms with van der Waals surface area (Å²) >= 11 is 0. The summed E-state index contributed by atoms with van der Waals surface area (Å²) in [6.07, 6.45) is -0.117. The summed E-state index contributed by atoms with van der Waals surface area (Å²) < 4.78 is 24.4. The smallest absolute Gasteiger partial charge is 0.272 e. The molecule has 1 saturated heterocycles. The lowest BCUT2D eigenvalue weighted by molar-refractivity contribution is -0.385. The number of rotatable bonds is 4. The molecule has 0 spiro atoms. The zero-order valence-corrected chi connectivity index (χ0v) is 10.5. The van der Waals surface area contributed by atoms with E-state index in [2.05, 4.69) is 0 Å². The number of halogens is 1. The minimum absolute atomic E-state index is 0.117. The number of anilines is 1. The molecule has 1 fully saturated rings. The van der Waals surface area contributed by atoms with Crippen LogP contribution in [0.15, 0.2) is 18.2 Å². The molecule has 104 valence electrons. The third-order valence-electron chi connectivity index (χ3n) is 2.97. The highest BCUT2D eigenvalue weighted by Gasteiger charge is 2.23. The van der Waals surface area contributed by atoms with Crippen molar-refractivity contribution in [3.63, 3.8) is 0 Å². The van der Waals surface area contributed by atoms with E-state index in [1.165, 1.54) is 12.1 Å². The first-order valence-corrected chi connectivity index (χ1v) is 5.91. The maximum absolute atomic E-state index is 13.9. The molecule has 1 aliphatic heterocycles. The average molecular weight is 270 g/mol. The standard InChI is InChI=1S/C12H15FN2O4/c1-18-8-10-7-14(4-5-19-10)12-3-2-9(15(16)17)6-11(12)13/h2-3,6,10H,4-5,7-8H2,1H3/t10-/m1/s1. The first-order chi connectivity index (χ1) is 9.11. The summed E-state index contributed by atoms with van der Waals surface area (Å²) in [5.41, 5.74) is 0.109. The number of ether oxygens (including phenoxy) is 2. The average Bonchev–Trinajstić information content (AvgIpc) is 2.39. The lowest BCUT2D eigenvalue weighted by Gasteiger charge is -2.34. The van der Waals surface area contributed by atoms with Crippen LogP contribution in [-0.4, -0.2) is 44.4 Å². The van der Waals surface area contributed by atoms with E-state index in [4.69, 9.17) is 9.47 Å². The van der Waals surface area contributed by atoms with Crippen LogP contribution in [-0.2, 0) is 9.47 Å². The van der Waals surface area contributed by atoms with Crippen molar-refractivity contribution in [1.82, 2.24) is 0 Å². The van der Waals surface area contributed by atoms with E-state index in [9.17, 15) is 14.5 Å². The van der Waals surface area contributed by atoms with E-state index >= 15 is 0 Å². The van der Waals surface area contributed by atoms with Gasteiger partial charge in [-0.15, -0.1) is 0 Å². The van der Waals surface area contributed by atoms with Crippen LogP contribution in [0.5, 0.6) is 0 Å². The van der Waals surface area contributed by atoms with Gasteiger partial charge in [0, 0.05) is 26.3 Å². The second kappa shape index (κ2) is 5.94. The van der Waals surface area contributed by atoms with Crippen molar-refractivity contribution in [2.75, 3.05) is 38.3 Å². The summed E-state index contributed by atoms with van der Waals surface area (Å²) in [5, 5.41) is 10.6. The van der Waals surface area contributed by atoms with Gasteiger partial charge in [0.15, 0.2) is 5.82 Å². The molecule has 1 heterocycles. The number of nitro groups is 1. The predicted octanol–water partition coefficient (Wildman–Crippen LogP) is 1.59. The number of nitrogens with zero attached hydrogens (tertiary/aromatic N) is 2. The van der Waals surface area contributed by atoms with Gasteiger partial charge >= 0.3 is 0 Å². The van der Waals surface area contributed by atoms with Gasteiger partial charge in [-0.05, 0) is 6.07 Å². The zero-order valence-electron chi connectivity index (χ0n) is 10.5. The number of hydrogen-bond donors (Lipinski definition) is 0. The van der Waals surface area contributed by atoms with Crippen LogP contribution >= 0.6 is 0 Å². The molecule has 2 rings (SSSR count). The van der Waals surface area contributed by atoms with Gasteiger partial charge in [-0.3, -0.25) is 10.1 Å². The Kier molecular flexibility index (Phi) is 4.28. The van der Waals surface area contributed by atoms with Crippen molar-refractivity contribution in [3.8, 4) is 0 Å². The van der Waals surface area contributed by atoms with E-state index in [1.54, 1.807) is 7.11 Å². The Labute approximate surface area is 109 Å². The molecule has 0 unspecified atom stereocenters. The molecule has 1 atom stereocenters. The summed E-state index contributed by atoms with van der Waals surface area (Å²) in [7, 11) is 1.58. The van der Waals surface area contributed by atoms with Crippen LogP contribution in [0.25, 0.3) is 0 Å². The lowest BCUT2D eigenvalue weighted by Crippen LogP contribution is -2.44. The van der Waals surface area contributed by atoms with Crippen LogP contribution in [0, 0.1) is 15.9 Å². The molecule has 1 aromatic rings. The molecule has 7 heteroatoms. The molecule has 1 aliphatic rings. The fraction of sp³-hybridized carbons (Fsp3) is 0.500. The Morgan fingerprint density at radius 2 is 2.42 bits per heavy atom. The third kappa shape index (κ3) is 3.18. The number of non-ortho nitro benzene ring substituents is 1. The monoisotopic (exact) mass is 270 g/mol. The van der Waals surface area contributed by atoms with Gasteiger partial charge in [0.05, 0.1) is 36.0 Å². The molecular formula is C12H15FN2O4. The molecule has 19 heavy (non-hydrogen) atoms. The molecule has 0 aromatic heterocycles. The highest BCUT2D eigenvalue weighted by Crippen LogP contribution is 2.25. The van der Waals surface area contributed by atoms with Crippen molar-refractivity contribution in [2.45, 2.75) is 6.10 Å². The van der Waals surface area contributed by atoms with Crippen LogP contribution in [0.4, 0.5) is 15.8 Å². The van der Waals surface area contributed by atoms with Crippen molar-refractivity contribution in [3.05, 3.63) is 34.1 Å². The maximum Gasteiger partial charge on any atom is 0.272 e. The molecule has 0 bridgehead atoms. The molecule has 1 aromatic carbocycles. The predicted molar refractivity (Wildman–Crippen MR) is 66.9 cm³/mol. The number of nitro benzene ring substituents is 1. The van der Waals surface area contributed by atoms with Gasteiger partial charge in [0.25, 0.3) is 5.69 Å². The quantitative estimate of drug-likeness (QED) is 0.614. The van der Waals surface area contributed by atoms with Gasteiger partial charge in [0.2, 0.25) is 0 Å². The van der Waals surface area contributed by atoms with Gasteiger partial charge < -0.3 is 14.4 Å². The Morgan fingerprint density at radius 1 is 1.63 bits per heavy atom. The van der Waals surface area contributed by atoms with E-state index in [0.717, 1.165) is 6.07 Å². The summed E-state index contributed by atoms with van der Waals surface area (Å²) in [4.78, 5) is 11.8. The second-order valence-electron chi connectivity index (χ2n) is 4.29. The number of morpholine rings is 1. The molecule has 0 amide bonds. The fourth-order valence-electron chi connectivity index (χ4n) is 2.09. The lowest BCUT2D eigenvalue weighted by atomic mass is 10.2. The van der Waals surface area contributed by atoms with Crippen LogP contribution in [0.3, 0.4) is 0 Å². The number of methoxy groups -OCH3 is 1. The molecule has 6 nitrogen and oxygen atoms in total. The first-order valence-electron chi connectivity index (χ1n) is 5.91. The van der Waals surface area contributed by atoms with Crippen LogP contribution in [0.2, 0.25) is 0 Å². The number of hydrogen-bond acceptors (Lipinski definition) is 5. The van der Waals surface area contributed by atoms with Crippen LogP contribution in [0.1, 0.15) is 0 Å². The minimum Gasteiger partial charge on any atom is -0.382 e. The maximum atomic E-state index is 13.9. The molecular weight excluding hydrogens is 255 g/mol. The summed E-state index contributed by atoms with van der Waals surface area (Å²) in [6.45, 7) is 1.97. The van der Waals surface area contributed by atoms with Gasteiger partial charge in [-0.25, -0.2) is 4.39 Å². The Hall–Kier alpha value is -1.73.